The minimum atomic E-state index is -0.0793. The number of ether oxygens (including phenoxy) is 1. The van der Waals surface area contributed by atoms with Crippen LogP contribution in [0.5, 0.6) is 0 Å². The summed E-state index contributed by atoms with van der Waals surface area (Å²) >= 11 is 0. The molecule has 0 unspecified atom stereocenters. The fraction of sp³-hybridized carbons (Fsp3) is 0.875. The van der Waals surface area contributed by atoms with Crippen LogP contribution in [0.2, 0.25) is 0 Å². The maximum Gasteiger partial charge on any atom is 0.323 e. The summed E-state index contributed by atoms with van der Waals surface area (Å²) in [5, 5.41) is 3.09. The van der Waals surface area contributed by atoms with E-state index >= 15 is 0 Å². The molecule has 1 aliphatic rings. The number of rotatable bonds is 3. The molecule has 1 heterocycles. The van der Waals surface area contributed by atoms with E-state index < -0.39 is 0 Å². The van der Waals surface area contributed by atoms with Crippen LogP contribution < -0.4 is 5.32 Å². The summed E-state index contributed by atoms with van der Waals surface area (Å²) in [4.78, 5) is 11.1. The van der Waals surface area contributed by atoms with Crippen LogP contribution in [0.3, 0.4) is 0 Å². The van der Waals surface area contributed by atoms with Gasteiger partial charge in [0.2, 0.25) is 0 Å². The predicted molar refractivity (Wildman–Crippen MR) is 42.3 cm³/mol. The first-order valence-electron chi connectivity index (χ1n) is 4.24. The highest BCUT2D eigenvalue weighted by atomic mass is 16.5. The van der Waals surface area contributed by atoms with E-state index in [9.17, 15) is 4.79 Å². The maximum atomic E-state index is 11.1. The van der Waals surface area contributed by atoms with E-state index in [1.54, 1.807) is 0 Å². The zero-order valence-corrected chi connectivity index (χ0v) is 6.93. The summed E-state index contributed by atoms with van der Waals surface area (Å²) in [6, 6.07) is -0.0263. The molecule has 0 spiro atoms. The molecule has 0 aromatic rings. The van der Waals surface area contributed by atoms with Gasteiger partial charge in [0.15, 0.2) is 0 Å². The Balaban J connectivity index is 2.17. The quantitative estimate of drug-likeness (QED) is 0.612. The third-order valence-corrected chi connectivity index (χ3v) is 1.79. The highest BCUT2D eigenvalue weighted by Crippen LogP contribution is 2.06. The maximum absolute atomic E-state index is 11.1. The third kappa shape index (κ3) is 2.50. The molecule has 3 nitrogen and oxygen atoms in total. The van der Waals surface area contributed by atoms with Crippen LogP contribution in [0.4, 0.5) is 0 Å². The first-order chi connectivity index (χ1) is 5.34. The Labute approximate surface area is 67.1 Å². The molecule has 11 heavy (non-hydrogen) atoms. The van der Waals surface area contributed by atoms with E-state index in [1.807, 2.05) is 6.92 Å². The first-order valence-corrected chi connectivity index (χ1v) is 4.24. The van der Waals surface area contributed by atoms with Crippen LogP contribution in [-0.4, -0.2) is 25.2 Å². The lowest BCUT2D eigenvalue weighted by molar-refractivity contribution is -0.145. The molecule has 1 saturated heterocycles. The summed E-state index contributed by atoms with van der Waals surface area (Å²) in [6.07, 6.45) is 2.92. The number of carbonyl (C=O) groups is 1. The van der Waals surface area contributed by atoms with Crippen molar-refractivity contribution in [1.82, 2.24) is 5.32 Å². The topological polar surface area (TPSA) is 38.3 Å². The van der Waals surface area contributed by atoms with Crippen molar-refractivity contribution in [3.8, 4) is 0 Å². The summed E-state index contributed by atoms with van der Waals surface area (Å²) in [6.45, 7) is 3.50. The summed E-state index contributed by atoms with van der Waals surface area (Å²) in [7, 11) is 0. The molecular weight excluding hydrogens is 142 g/mol. The minimum Gasteiger partial charge on any atom is -0.465 e. The second-order valence-corrected chi connectivity index (χ2v) is 2.82. The molecule has 1 rings (SSSR count). The van der Waals surface area contributed by atoms with Crippen LogP contribution in [0.15, 0.2) is 0 Å². The van der Waals surface area contributed by atoms with Crippen molar-refractivity contribution in [3.63, 3.8) is 0 Å². The van der Waals surface area contributed by atoms with Gasteiger partial charge in [-0.1, -0.05) is 6.92 Å². The molecule has 1 N–H and O–H groups in total. The van der Waals surface area contributed by atoms with E-state index in [2.05, 4.69) is 5.32 Å². The predicted octanol–water partition coefficient (Wildman–Crippen LogP) is 0.692. The number of esters is 1. The van der Waals surface area contributed by atoms with E-state index in [-0.39, 0.29) is 12.0 Å². The summed E-state index contributed by atoms with van der Waals surface area (Å²) < 4.78 is 4.97. The lowest BCUT2D eigenvalue weighted by Crippen LogP contribution is -2.32. The fourth-order valence-electron chi connectivity index (χ4n) is 1.19. The number of nitrogens with one attached hydrogen (secondary N) is 1. The molecule has 0 bridgehead atoms. The van der Waals surface area contributed by atoms with E-state index in [0.29, 0.717) is 6.61 Å². The second kappa shape index (κ2) is 4.34. The molecule has 64 valence electrons. The highest BCUT2D eigenvalue weighted by molar-refractivity contribution is 5.76. The Hall–Kier alpha value is -0.570. The van der Waals surface area contributed by atoms with Gasteiger partial charge in [0.25, 0.3) is 0 Å². The van der Waals surface area contributed by atoms with Gasteiger partial charge < -0.3 is 10.1 Å². The monoisotopic (exact) mass is 157 g/mol. The Bertz CT molecular complexity index is 130. The fourth-order valence-corrected chi connectivity index (χ4v) is 1.19. The minimum absolute atomic E-state index is 0.0263. The smallest absolute Gasteiger partial charge is 0.323 e. The van der Waals surface area contributed by atoms with Crippen molar-refractivity contribution in [1.29, 1.82) is 0 Å². The zero-order valence-electron chi connectivity index (χ0n) is 6.93. The molecule has 3 heteroatoms. The van der Waals surface area contributed by atoms with Crippen LogP contribution in [0, 0.1) is 0 Å². The zero-order chi connectivity index (χ0) is 8.10. The summed E-state index contributed by atoms with van der Waals surface area (Å²) in [5.74, 6) is -0.0793. The second-order valence-electron chi connectivity index (χ2n) is 2.82. The molecule has 0 aromatic heterocycles. The van der Waals surface area contributed by atoms with E-state index in [4.69, 9.17) is 4.74 Å². The number of hydrogen-bond acceptors (Lipinski definition) is 3. The highest BCUT2D eigenvalue weighted by Gasteiger charge is 2.22. The van der Waals surface area contributed by atoms with Gasteiger partial charge in [-0.3, -0.25) is 4.79 Å². The van der Waals surface area contributed by atoms with Gasteiger partial charge in [0, 0.05) is 0 Å². The molecule has 1 aliphatic heterocycles. The van der Waals surface area contributed by atoms with Crippen LogP contribution in [0.1, 0.15) is 26.2 Å². The van der Waals surface area contributed by atoms with Crippen LogP contribution in [0.25, 0.3) is 0 Å². The average molecular weight is 157 g/mol. The molecule has 1 atom stereocenters. The number of carbonyl (C=O) groups excluding carboxylic acids is 1. The molecule has 0 radical (unpaired) electrons. The van der Waals surface area contributed by atoms with Gasteiger partial charge in [-0.05, 0) is 25.8 Å². The van der Waals surface area contributed by atoms with Crippen molar-refractivity contribution in [2.75, 3.05) is 13.2 Å². The van der Waals surface area contributed by atoms with Gasteiger partial charge in [-0.2, -0.15) is 0 Å². The lowest BCUT2D eigenvalue weighted by atomic mass is 10.2. The molecule has 0 amide bonds. The lowest BCUT2D eigenvalue weighted by Gasteiger charge is -2.08. The van der Waals surface area contributed by atoms with Crippen molar-refractivity contribution >= 4 is 5.97 Å². The molecule has 0 aromatic carbocycles. The van der Waals surface area contributed by atoms with Gasteiger partial charge in [-0.25, -0.2) is 0 Å². The first kappa shape index (κ1) is 8.53. The number of hydrogen-bond donors (Lipinski definition) is 1. The third-order valence-electron chi connectivity index (χ3n) is 1.79. The van der Waals surface area contributed by atoms with Gasteiger partial charge in [0.05, 0.1) is 6.61 Å². The molecular formula is C8H15NO2. The molecule has 0 saturated carbocycles. The Morgan fingerprint density at radius 1 is 1.73 bits per heavy atom. The van der Waals surface area contributed by atoms with Crippen LogP contribution in [-0.2, 0) is 9.53 Å². The largest absolute Gasteiger partial charge is 0.465 e. The standard InChI is InChI=1S/C8H15NO2/c1-2-6-11-8(10)7-4-3-5-9-7/h7,9H,2-6H2,1H3/t7-/m1/s1. The SMILES string of the molecule is CCCOC(=O)[C@H]1CCCN1. The van der Waals surface area contributed by atoms with Crippen molar-refractivity contribution < 1.29 is 9.53 Å². The molecule has 0 aliphatic carbocycles. The summed E-state index contributed by atoms with van der Waals surface area (Å²) in [5.41, 5.74) is 0. The van der Waals surface area contributed by atoms with Crippen LogP contribution >= 0.6 is 0 Å². The Morgan fingerprint density at radius 3 is 3.09 bits per heavy atom. The Kier molecular flexibility index (Phi) is 3.36. The van der Waals surface area contributed by atoms with E-state index in [1.165, 1.54) is 0 Å². The molecule has 1 fully saturated rings. The van der Waals surface area contributed by atoms with Crippen molar-refractivity contribution in [2.45, 2.75) is 32.2 Å². The van der Waals surface area contributed by atoms with Gasteiger partial charge in [0.1, 0.15) is 6.04 Å². The van der Waals surface area contributed by atoms with Crippen molar-refractivity contribution in [3.05, 3.63) is 0 Å². The van der Waals surface area contributed by atoms with Gasteiger partial charge >= 0.3 is 5.97 Å². The Morgan fingerprint density at radius 2 is 2.55 bits per heavy atom. The average Bonchev–Trinajstić information content (AvgIpc) is 2.52. The van der Waals surface area contributed by atoms with Gasteiger partial charge in [-0.15, -0.1) is 0 Å². The van der Waals surface area contributed by atoms with E-state index in [0.717, 1.165) is 25.8 Å². The van der Waals surface area contributed by atoms with Crippen molar-refractivity contribution in [2.24, 2.45) is 0 Å². The normalized spacial score (nSPS) is 23.5.